The fourth-order valence-corrected chi connectivity index (χ4v) is 2.62. The van der Waals surface area contributed by atoms with Crippen molar-refractivity contribution in [1.82, 2.24) is 0 Å². The zero-order chi connectivity index (χ0) is 14.2. The molecular weight excluding hydrogens is 250 g/mol. The Bertz CT molecular complexity index is 514. The summed E-state index contributed by atoms with van der Waals surface area (Å²) in [6.45, 7) is 0. The maximum Gasteiger partial charge on any atom is 0.311 e. The number of hydrogen-bond acceptors (Lipinski definition) is 5. The molecule has 6 nitrogen and oxygen atoms in total. The monoisotopic (exact) mass is 267 g/mol. The molecule has 0 amide bonds. The van der Waals surface area contributed by atoms with Crippen molar-refractivity contribution in [2.45, 2.75) is 18.4 Å². The van der Waals surface area contributed by atoms with E-state index in [1.807, 2.05) is 0 Å². The molecule has 0 heterocycles. The van der Waals surface area contributed by atoms with Crippen LogP contribution in [-0.4, -0.2) is 32.4 Å². The van der Waals surface area contributed by atoms with Crippen molar-refractivity contribution in [3.63, 3.8) is 0 Å². The van der Waals surface area contributed by atoms with Crippen LogP contribution in [0, 0.1) is 0 Å². The third kappa shape index (κ3) is 1.98. The maximum atomic E-state index is 11.3. The van der Waals surface area contributed by atoms with Crippen LogP contribution in [0.4, 0.5) is 0 Å². The molecule has 2 rings (SSSR count). The molecule has 0 radical (unpaired) electrons. The lowest BCUT2D eigenvalue weighted by molar-refractivity contribution is -0.138. The zero-order valence-corrected chi connectivity index (χ0v) is 11.1. The van der Waals surface area contributed by atoms with Crippen LogP contribution < -0.4 is 19.9 Å². The fourth-order valence-electron chi connectivity index (χ4n) is 2.62. The summed E-state index contributed by atoms with van der Waals surface area (Å²) in [6, 6.07) is 1.22. The van der Waals surface area contributed by atoms with Crippen molar-refractivity contribution in [3.8, 4) is 17.2 Å². The van der Waals surface area contributed by atoms with E-state index in [2.05, 4.69) is 0 Å². The van der Waals surface area contributed by atoms with Gasteiger partial charge >= 0.3 is 5.97 Å². The highest BCUT2D eigenvalue weighted by Crippen LogP contribution is 2.52. The second kappa shape index (κ2) is 4.97. The highest BCUT2D eigenvalue weighted by molar-refractivity contribution is 5.81. The Morgan fingerprint density at radius 3 is 2.32 bits per heavy atom. The average Bonchev–Trinajstić information content (AvgIpc) is 2.75. The van der Waals surface area contributed by atoms with Crippen molar-refractivity contribution in [1.29, 1.82) is 0 Å². The molecule has 1 aromatic carbocycles. The summed E-state index contributed by atoms with van der Waals surface area (Å²) < 4.78 is 15.8. The first-order valence-electron chi connectivity index (χ1n) is 5.86. The van der Waals surface area contributed by atoms with Crippen molar-refractivity contribution in [2.75, 3.05) is 21.3 Å². The molecule has 2 atom stereocenters. The first kappa shape index (κ1) is 13.5. The van der Waals surface area contributed by atoms with E-state index in [1.165, 1.54) is 21.3 Å². The molecule has 1 aliphatic carbocycles. The number of fused-ring (bicyclic) bond motifs is 1. The molecule has 0 fully saturated rings. The normalized spacial score (nSPS) is 20.8. The van der Waals surface area contributed by atoms with E-state index in [1.54, 1.807) is 6.07 Å². The average molecular weight is 267 g/mol. The molecule has 1 aromatic rings. The highest BCUT2D eigenvalue weighted by Gasteiger charge is 2.40. The molecule has 1 aliphatic rings. The Morgan fingerprint density at radius 1 is 1.21 bits per heavy atom. The van der Waals surface area contributed by atoms with E-state index in [0.717, 1.165) is 0 Å². The van der Waals surface area contributed by atoms with Crippen molar-refractivity contribution in [2.24, 2.45) is 5.73 Å². The first-order valence-corrected chi connectivity index (χ1v) is 5.86. The van der Waals surface area contributed by atoms with Gasteiger partial charge in [-0.3, -0.25) is 4.79 Å². The minimum Gasteiger partial charge on any atom is -0.496 e. The number of aliphatic carboxylic acids is 1. The summed E-state index contributed by atoms with van der Waals surface area (Å²) in [5.74, 6) is -0.165. The molecule has 0 saturated carbocycles. The van der Waals surface area contributed by atoms with Crippen LogP contribution in [0.2, 0.25) is 0 Å². The van der Waals surface area contributed by atoms with Gasteiger partial charge in [-0.25, -0.2) is 0 Å². The van der Waals surface area contributed by atoms with Crippen LogP contribution in [0.3, 0.4) is 0 Å². The molecule has 0 saturated heterocycles. The summed E-state index contributed by atoms with van der Waals surface area (Å²) in [5.41, 5.74) is 7.29. The number of carboxylic acids is 1. The number of hydrogen-bond donors (Lipinski definition) is 2. The number of carbonyl (C=O) groups is 1. The molecule has 0 bridgehead atoms. The van der Waals surface area contributed by atoms with Gasteiger partial charge in [-0.1, -0.05) is 0 Å². The van der Waals surface area contributed by atoms with Crippen LogP contribution in [0.1, 0.15) is 29.5 Å². The highest BCUT2D eigenvalue weighted by atomic mass is 16.5. The Labute approximate surface area is 111 Å². The molecule has 0 aliphatic heterocycles. The summed E-state index contributed by atoms with van der Waals surface area (Å²) in [7, 11) is 4.51. The van der Waals surface area contributed by atoms with Crippen LogP contribution in [0.25, 0.3) is 0 Å². The Balaban J connectivity index is 2.73. The summed E-state index contributed by atoms with van der Waals surface area (Å²) in [5, 5.41) is 9.30. The third-order valence-electron chi connectivity index (χ3n) is 3.44. The summed E-state index contributed by atoms with van der Waals surface area (Å²) in [6.07, 6.45) is 0.324. The molecule has 6 heteroatoms. The summed E-state index contributed by atoms with van der Waals surface area (Å²) >= 11 is 0. The fraction of sp³-hybridized carbons (Fsp3) is 0.462. The topological polar surface area (TPSA) is 91.0 Å². The van der Waals surface area contributed by atoms with Crippen LogP contribution in [-0.2, 0) is 4.79 Å². The number of methoxy groups -OCH3 is 3. The Kier molecular flexibility index (Phi) is 3.53. The van der Waals surface area contributed by atoms with Crippen molar-refractivity contribution < 1.29 is 24.1 Å². The Hall–Kier alpha value is -1.95. The minimum atomic E-state index is -0.917. The van der Waals surface area contributed by atoms with E-state index in [-0.39, 0.29) is 0 Å². The van der Waals surface area contributed by atoms with Crippen molar-refractivity contribution in [3.05, 3.63) is 17.2 Å². The van der Waals surface area contributed by atoms with Gasteiger partial charge in [0.05, 0.1) is 27.2 Å². The standard InChI is InChI=1S/C13H17NO5/c1-17-8-5-9(18-2)12(19-3)11-7(14)4-6(10(8)11)13(15)16/h5-7H,4,14H2,1-3H3,(H,15,16). The number of benzene rings is 1. The lowest BCUT2D eigenvalue weighted by Gasteiger charge is -2.18. The van der Waals surface area contributed by atoms with E-state index in [0.29, 0.717) is 34.8 Å². The van der Waals surface area contributed by atoms with Gasteiger partial charge in [-0.2, -0.15) is 0 Å². The van der Waals surface area contributed by atoms with Crippen LogP contribution in [0.5, 0.6) is 17.2 Å². The molecule has 3 N–H and O–H groups in total. The van der Waals surface area contributed by atoms with Gasteiger partial charge in [0.2, 0.25) is 0 Å². The largest absolute Gasteiger partial charge is 0.496 e. The van der Waals surface area contributed by atoms with E-state index >= 15 is 0 Å². The second-order valence-electron chi connectivity index (χ2n) is 4.37. The molecule has 104 valence electrons. The molecule has 2 unspecified atom stereocenters. The summed E-state index contributed by atoms with van der Waals surface area (Å²) in [4.78, 5) is 11.3. The second-order valence-corrected chi connectivity index (χ2v) is 4.37. The Morgan fingerprint density at radius 2 is 1.84 bits per heavy atom. The number of carboxylic acid groups (broad SMARTS) is 1. The number of ether oxygens (including phenoxy) is 3. The lowest BCUT2D eigenvalue weighted by Crippen LogP contribution is -2.10. The predicted octanol–water partition coefficient (Wildman–Crippen LogP) is 1.28. The lowest BCUT2D eigenvalue weighted by atomic mass is 9.99. The predicted molar refractivity (Wildman–Crippen MR) is 68.0 cm³/mol. The minimum absolute atomic E-state index is 0.324. The number of nitrogens with two attached hydrogens (primary N) is 1. The van der Waals surface area contributed by atoms with E-state index < -0.39 is 17.9 Å². The zero-order valence-electron chi connectivity index (χ0n) is 11.1. The maximum absolute atomic E-state index is 11.3. The van der Waals surface area contributed by atoms with E-state index in [9.17, 15) is 9.90 Å². The first-order chi connectivity index (χ1) is 9.04. The van der Waals surface area contributed by atoms with Gasteiger partial charge < -0.3 is 25.1 Å². The van der Waals surface area contributed by atoms with Crippen LogP contribution in [0.15, 0.2) is 6.07 Å². The van der Waals surface area contributed by atoms with Crippen molar-refractivity contribution >= 4 is 5.97 Å². The van der Waals surface area contributed by atoms with Gasteiger partial charge in [0.15, 0.2) is 11.5 Å². The van der Waals surface area contributed by atoms with Crippen LogP contribution >= 0.6 is 0 Å². The van der Waals surface area contributed by atoms with Gasteiger partial charge in [0.1, 0.15) is 5.75 Å². The molecular formula is C13H17NO5. The SMILES string of the molecule is COc1cc(OC)c2c(c1OC)C(N)CC2C(=O)O. The van der Waals surface area contributed by atoms with Gasteiger partial charge in [0.25, 0.3) is 0 Å². The smallest absolute Gasteiger partial charge is 0.311 e. The quantitative estimate of drug-likeness (QED) is 0.854. The van der Waals surface area contributed by atoms with Gasteiger partial charge in [0, 0.05) is 23.2 Å². The van der Waals surface area contributed by atoms with Gasteiger partial charge in [-0.05, 0) is 6.42 Å². The molecule has 0 spiro atoms. The molecule has 19 heavy (non-hydrogen) atoms. The van der Waals surface area contributed by atoms with E-state index in [4.69, 9.17) is 19.9 Å². The third-order valence-corrected chi connectivity index (χ3v) is 3.44. The number of rotatable bonds is 4. The molecule has 0 aromatic heterocycles. The van der Waals surface area contributed by atoms with Gasteiger partial charge in [-0.15, -0.1) is 0 Å².